The van der Waals surface area contributed by atoms with E-state index in [-0.39, 0.29) is 0 Å². The van der Waals surface area contributed by atoms with Crippen LogP contribution in [0.15, 0.2) is 0 Å². The van der Waals surface area contributed by atoms with Crippen molar-refractivity contribution in [1.82, 2.24) is 9.80 Å². The first-order valence-corrected chi connectivity index (χ1v) is 6.21. The Labute approximate surface area is 101 Å². The highest BCUT2D eigenvalue weighted by Crippen LogP contribution is 2.17. The van der Waals surface area contributed by atoms with E-state index >= 15 is 0 Å². The third kappa shape index (κ3) is 4.91. The van der Waals surface area contributed by atoms with Crippen molar-refractivity contribution in [2.24, 2.45) is 5.92 Å². The number of likely N-dealkylation sites (N-methyl/N-ethyl adjacent to an activating group) is 1. The van der Waals surface area contributed by atoms with Gasteiger partial charge >= 0.3 is 0 Å². The molecule has 14 heavy (non-hydrogen) atoms. The molecule has 0 aromatic heterocycles. The van der Waals surface area contributed by atoms with E-state index < -0.39 is 0 Å². The Hall–Kier alpha value is 0.610. The Bertz CT molecular complexity index is 147. The molecule has 4 heteroatoms. The van der Waals surface area contributed by atoms with Crippen LogP contribution < -0.4 is 0 Å². The predicted molar refractivity (Wildman–Crippen MR) is 67.7 cm³/mol. The van der Waals surface area contributed by atoms with Crippen LogP contribution in [0.1, 0.15) is 12.8 Å². The SMILES string of the molecule is CN(C)CCN1CCC(COI)CC1. The van der Waals surface area contributed by atoms with Crippen molar-refractivity contribution in [3.8, 4) is 0 Å². The summed E-state index contributed by atoms with van der Waals surface area (Å²) in [7, 11) is 4.27. The molecular weight excluding hydrogens is 291 g/mol. The Morgan fingerprint density at radius 1 is 1.36 bits per heavy atom. The summed E-state index contributed by atoms with van der Waals surface area (Å²) in [5.74, 6) is 0.794. The molecular formula is C10H21IN2O. The maximum absolute atomic E-state index is 5.16. The minimum absolute atomic E-state index is 0.794. The minimum atomic E-state index is 0.794. The standard InChI is InChI=1S/C10H21IN2O/c1-12(2)7-8-13-5-3-10(4-6-13)9-14-11/h10H,3-9H2,1-2H3. The van der Waals surface area contributed by atoms with E-state index in [1.54, 1.807) is 0 Å². The lowest BCUT2D eigenvalue weighted by molar-refractivity contribution is 0.149. The third-order valence-corrected chi connectivity index (χ3v) is 3.23. The Kier molecular flexibility index (Phi) is 6.32. The van der Waals surface area contributed by atoms with Gasteiger partial charge in [0.2, 0.25) is 0 Å². The second kappa shape index (κ2) is 6.98. The number of piperidine rings is 1. The molecule has 1 aliphatic rings. The summed E-state index contributed by atoms with van der Waals surface area (Å²) in [4.78, 5) is 4.81. The van der Waals surface area contributed by atoms with Gasteiger partial charge in [0.25, 0.3) is 0 Å². The van der Waals surface area contributed by atoms with Crippen molar-refractivity contribution >= 4 is 23.0 Å². The Balaban J connectivity index is 2.09. The normalized spacial score (nSPS) is 20.6. The minimum Gasteiger partial charge on any atom is -0.316 e. The lowest BCUT2D eigenvalue weighted by Gasteiger charge is -2.31. The van der Waals surface area contributed by atoms with Crippen LogP contribution in [0.3, 0.4) is 0 Å². The molecule has 0 aromatic rings. The molecule has 0 bridgehead atoms. The van der Waals surface area contributed by atoms with Gasteiger partial charge in [0.1, 0.15) is 23.0 Å². The van der Waals surface area contributed by atoms with Crippen molar-refractivity contribution < 1.29 is 3.07 Å². The van der Waals surface area contributed by atoms with E-state index in [2.05, 4.69) is 23.9 Å². The average Bonchev–Trinajstić information content (AvgIpc) is 2.17. The summed E-state index contributed by atoms with van der Waals surface area (Å²) in [6.07, 6.45) is 2.60. The maximum Gasteiger partial charge on any atom is 0.109 e. The summed E-state index contributed by atoms with van der Waals surface area (Å²) in [5.41, 5.74) is 0. The number of hydrogen-bond acceptors (Lipinski definition) is 3. The lowest BCUT2D eigenvalue weighted by Crippen LogP contribution is -2.38. The van der Waals surface area contributed by atoms with Crippen molar-refractivity contribution in [2.75, 3.05) is 46.9 Å². The molecule has 0 radical (unpaired) electrons. The summed E-state index contributed by atoms with van der Waals surface area (Å²) < 4.78 is 5.16. The van der Waals surface area contributed by atoms with Crippen LogP contribution in [0.2, 0.25) is 0 Å². The highest BCUT2D eigenvalue weighted by atomic mass is 127. The molecule has 0 aromatic carbocycles. The summed E-state index contributed by atoms with van der Waals surface area (Å²) in [6.45, 7) is 5.82. The second-order valence-electron chi connectivity index (χ2n) is 4.36. The molecule has 0 unspecified atom stereocenters. The van der Waals surface area contributed by atoms with Gasteiger partial charge in [0, 0.05) is 13.1 Å². The molecule has 0 saturated carbocycles. The first kappa shape index (κ1) is 12.7. The van der Waals surface area contributed by atoms with Gasteiger partial charge in [-0.3, -0.25) is 0 Å². The predicted octanol–water partition coefficient (Wildman–Crippen LogP) is 1.63. The fourth-order valence-corrected chi connectivity index (χ4v) is 2.32. The molecule has 1 aliphatic heterocycles. The van der Waals surface area contributed by atoms with E-state index in [1.807, 2.05) is 23.0 Å². The van der Waals surface area contributed by atoms with Crippen LogP contribution in [0, 0.1) is 5.92 Å². The summed E-state index contributed by atoms with van der Waals surface area (Å²) in [5, 5.41) is 0. The molecule has 1 saturated heterocycles. The van der Waals surface area contributed by atoms with Crippen LogP contribution in [-0.2, 0) is 3.07 Å². The average molecular weight is 312 g/mol. The van der Waals surface area contributed by atoms with Gasteiger partial charge in [-0.2, -0.15) is 0 Å². The number of rotatable bonds is 5. The molecule has 1 fully saturated rings. The maximum atomic E-state index is 5.16. The Morgan fingerprint density at radius 2 is 2.00 bits per heavy atom. The van der Waals surface area contributed by atoms with Crippen LogP contribution >= 0.6 is 23.0 Å². The van der Waals surface area contributed by atoms with E-state index in [0.717, 1.165) is 12.5 Å². The molecule has 0 amide bonds. The topological polar surface area (TPSA) is 15.7 Å². The van der Waals surface area contributed by atoms with E-state index in [9.17, 15) is 0 Å². The monoisotopic (exact) mass is 312 g/mol. The fraction of sp³-hybridized carbons (Fsp3) is 1.00. The van der Waals surface area contributed by atoms with Crippen molar-refractivity contribution in [2.45, 2.75) is 12.8 Å². The number of likely N-dealkylation sites (tertiary alicyclic amines) is 1. The molecule has 0 spiro atoms. The van der Waals surface area contributed by atoms with Crippen molar-refractivity contribution in [3.05, 3.63) is 0 Å². The first-order valence-electron chi connectivity index (χ1n) is 5.33. The van der Waals surface area contributed by atoms with E-state index in [0.29, 0.717) is 0 Å². The number of halogens is 1. The smallest absolute Gasteiger partial charge is 0.109 e. The van der Waals surface area contributed by atoms with Crippen LogP contribution in [0.4, 0.5) is 0 Å². The van der Waals surface area contributed by atoms with Crippen LogP contribution in [-0.4, -0.2) is 56.7 Å². The largest absolute Gasteiger partial charge is 0.316 e. The van der Waals surface area contributed by atoms with Crippen LogP contribution in [0.25, 0.3) is 0 Å². The number of nitrogens with zero attached hydrogens (tertiary/aromatic N) is 2. The van der Waals surface area contributed by atoms with Gasteiger partial charge in [-0.1, -0.05) is 0 Å². The van der Waals surface area contributed by atoms with Gasteiger partial charge < -0.3 is 12.9 Å². The quantitative estimate of drug-likeness (QED) is 0.718. The molecule has 84 valence electrons. The van der Waals surface area contributed by atoms with E-state index in [1.165, 1.54) is 39.0 Å². The fourth-order valence-electron chi connectivity index (χ4n) is 1.81. The zero-order valence-corrected chi connectivity index (χ0v) is 11.4. The summed E-state index contributed by atoms with van der Waals surface area (Å²) in [6, 6.07) is 0. The van der Waals surface area contributed by atoms with Gasteiger partial charge in [-0.05, 0) is 45.9 Å². The van der Waals surface area contributed by atoms with Crippen molar-refractivity contribution in [3.63, 3.8) is 0 Å². The highest BCUT2D eigenvalue weighted by Gasteiger charge is 2.18. The van der Waals surface area contributed by atoms with Crippen LogP contribution in [0.5, 0.6) is 0 Å². The lowest BCUT2D eigenvalue weighted by atomic mass is 9.98. The summed E-state index contributed by atoms with van der Waals surface area (Å²) >= 11 is 2.00. The van der Waals surface area contributed by atoms with Crippen molar-refractivity contribution in [1.29, 1.82) is 0 Å². The first-order chi connectivity index (χ1) is 6.72. The molecule has 1 rings (SSSR count). The molecule has 1 heterocycles. The van der Waals surface area contributed by atoms with Gasteiger partial charge in [0.05, 0.1) is 6.61 Å². The third-order valence-electron chi connectivity index (χ3n) is 2.87. The molecule has 0 atom stereocenters. The molecule has 3 nitrogen and oxygen atoms in total. The highest BCUT2D eigenvalue weighted by molar-refractivity contribution is 14.1. The second-order valence-corrected chi connectivity index (χ2v) is 4.99. The Morgan fingerprint density at radius 3 is 2.50 bits per heavy atom. The zero-order chi connectivity index (χ0) is 10.4. The molecule has 0 N–H and O–H groups in total. The van der Waals surface area contributed by atoms with Gasteiger partial charge in [-0.25, -0.2) is 0 Å². The zero-order valence-electron chi connectivity index (χ0n) is 9.21. The molecule has 0 aliphatic carbocycles. The van der Waals surface area contributed by atoms with Gasteiger partial charge in [0.15, 0.2) is 0 Å². The number of hydrogen-bond donors (Lipinski definition) is 0. The van der Waals surface area contributed by atoms with E-state index in [4.69, 9.17) is 3.07 Å². The van der Waals surface area contributed by atoms with Gasteiger partial charge in [-0.15, -0.1) is 0 Å².